The van der Waals surface area contributed by atoms with Crippen LogP contribution >= 0.6 is 11.8 Å². The number of phenols is 1. The van der Waals surface area contributed by atoms with Crippen molar-refractivity contribution in [2.45, 2.75) is 39.3 Å². The number of thioether (sulfide) groups is 1. The summed E-state index contributed by atoms with van der Waals surface area (Å²) in [6.45, 7) is 7.83. The second kappa shape index (κ2) is 8.54. The number of rotatable bonds is 5. The van der Waals surface area contributed by atoms with Gasteiger partial charge in [0, 0.05) is 30.0 Å². The van der Waals surface area contributed by atoms with Gasteiger partial charge in [-0.3, -0.25) is 4.79 Å². The van der Waals surface area contributed by atoms with E-state index in [0.717, 1.165) is 22.4 Å². The Bertz CT molecular complexity index is 902. The van der Waals surface area contributed by atoms with Crippen molar-refractivity contribution in [3.05, 3.63) is 39.6 Å². The van der Waals surface area contributed by atoms with Crippen LogP contribution in [0.15, 0.2) is 17.0 Å². The summed E-state index contributed by atoms with van der Waals surface area (Å²) in [6, 6.07) is 3.94. The molecule has 2 aromatic rings. The number of hydrogen-bond donors (Lipinski definition) is 2. The summed E-state index contributed by atoms with van der Waals surface area (Å²) >= 11 is 1.55. The van der Waals surface area contributed by atoms with Crippen LogP contribution in [0.3, 0.4) is 0 Å². The van der Waals surface area contributed by atoms with Gasteiger partial charge in [0.25, 0.3) is 5.91 Å². The van der Waals surface area contributed by atoms with Crippen LogP contribution in [0.4, 0.5) is 0 Å². The lowest BCUT2D eigenvalue weighted by Crippen LogP contribution is -2.36. The average Bonchev–Trinajstić information content (AvgIpc) is 3.12. The molecule has 1 aromatic heterocycles. The number of amides is 1. The van der Waals surface area contributed by atoms with Gasteiger partial charge in [-0.2, -0.15) is 5.21 Å². The minimum Gasteiger partial charge on any atom is -0.507 e. The van der Waals surface area contributed by atoms with Crippen LogP contribution in [-0.2, 0) is 23.3 Å². The average molecular weight is 417 g/mol. The molecule has 0 bridgehead atoms. The Morgan fingerprint density at radius 2 is 2.10 bits per heavy atom. The SMILES string of the molecule is CN(C)Cc1cc(/C=C2/SCCN(Cc3nn[nH]n3)C2=O)cc(C(C)(C)C)c1O. The molecule has 8 nitrogen and oxygen atoms in total. The standard InChI is InChI=1S/C20H28N6O2S/c1-20(2,3)15-9-13(8-14(18(15)27)11-25(4)5)10-16-19(28)26(6-7-29-16)12-17-21-23-24-22-17/h8-10,27H,6-7,11-12H2,1-5H3,(H,21,22,23,24)/b16-10+. The van der Waals surface area contributed by atoms with Crippen molar-refractivity contribution in [3.8, 4) is 5.75 Å². The Labute approximate surface area is 175 Å². The van der Waals surface area contributed by atoms with Gasteiger partial charge in [0.1, 0.15) is 5.75 Å². The molecule has 0 aliphatic carbocycles. The van der Waals surface area contributed by atoms with E-state index < -0.39 is 0 Å². The second-order valence-electron chi connectivity index (χ2n) is 8.48. The fourth-order valence-corrected chi connectivity index (χ4v) is 4.25. The van der Waals surface area contributed by atoms with Crippen LogP contribution in [0, 0.1) is 0 Å². The van der Waals surface area contributed by atoms with Crippen molar-refractivity contribution in [2.24, 2.45) is 0 Å². The number of carbonyl (C=O) groups excluding carboxylic acids is 1. The molecule has 2 N–H and O–H groups in total. The van der Waals surface area contributed by atoms with Crippen LogP contribution < -0.4 is 0 Å². The predicted octanol–water partition coefficient (Wildman–Crippen LogP) is 2.38. The summed E-state index contributed by atoms with van der Waals surface area (Å²) in [5.74, 6) is 1.60. The van der Waals surface area contributed by atoms with Crippen molar-refractivity contribution in [1.82, 2.24) is 30.4 Å². The molecule has 9 heteroatoms. The highest BCUT2D eigenvalue weighted by atomic mass is 32.2. The molecular weight excluding hydrogens is 388 g/mol. The Balaban J connectivity index is 1.94. The first-order valence-electron chi connectivity index (χ1n) is 9.52. The molecule has 156 valence electrons. The molecule has 2 heterocycles. The zero-order chi connectivity index (χ0) is 21.2. The van der Waals surface area contributed by atoms with E-state index in [1.54, 1.807) is 16.7 Å². The highest BCUT2D eigenvalue weighted by Gasteiger charge is 2.26. The summed E-state index contributed by atoms with van der Waals surface area (Å²) in [7, 11) is 3.94. The number of carbonyl (C=O) groups is 1. The van der Waals surface area contributed by atoms with Gasteiger partial charge in [-0.25, -0.2) is 0 Å². The van der Waals surface area contributed by atoms with E-state index in [4.69, 9.17) is 0 Å². The van der Waals surface area contributed by atoms with Gasteiger partial charge in [0.15, 0.2) is 5.82 Å². The molecule has 1 aromatic carbocycles. The van der Waals surface area contributed by atoms with Crippen LogP contribution in [0.5, 0.6) is 5.75 Å². The van der Waals surface area contributed by atoms with Gasteiger partial charge < -0.3 is 14.9 Å². The van der Waals surface area contributed by atoms with Crippen molar-refractivity contribution in [3.63, 3.8) is 0 Å². The van der Waals surface area contributed by atoms with E-state index in [9.17, 15) is 9.90 Å². The number of aromatic amines is 1. The molecule has 0 unspecified atom stereocenters. The number of nitrogens with one attached hydrogen (secondary N) is 1. The van der Waals surface area contributed by atoms with E-state index in [2.05, 4.69) is 41.4 Å². The first-order valence-corrected chi connectivity index (χ1v) is 10.5. The Hall–Kier alpha value is -2.39. The number of aromatic hydroxyl groups is 1. The van der Waals surface area contributed by atoms with Gasteiger partial charge >= 0.3 is 0 Å². The third kappa shape index (κ3) is 5.16. The van der Waals surface area contributed by atoms with E-state index in [1.165, 1.54) is 0 Å². The third-order valence-electron chi connectivity index (χ3n) is 4.64. The van der Waals surface area contributed by atoms with Crippen LogP contribution in [0.25, 0.3) is 6.08 Å². The lowest BCUT2D eigenvalue weighted by atomic mass is 9.84. The molecule has 0 spiro atoms. The first-order chi connectivity index (χ1) is 13.6. The Morgan fingerprint density at radius 3 is 2.72 bits per heavy atom. The summed E-state index contributed by atoms with van der Waals surface area (Å²) < 4.78 is 0. The molecule has 1 fully saturated rings. The van der Waals surface area contributed by atoms with Gasteiger partial charge in [0.2, 0.25) is 0 Å². The summed E-state index contributed by atoms with van der Waals surface area (Å²) in [6.07, 6.45) is 1.92. The number of hydrogen-bond acceptors (Lipinski definition) is 7. The normalized spacial score (nSPS) is 16.8. The minimum atomic E-state index is -0.214. The highest BCUT2D eigenvalue weighted by molar-refractivity contribution is 8.04. The summed E-state index contributed by atoms with van der Waals surface area (Å²) in [5.41, 5.74) is 2.43. The number of nitrogens with zero attached hydrogens (tertiary/aromatic N) is 5. The molecule has 3 rings (SSSR count). The molecule has 0 saturated carbocycles. The van der Waals surface area contributed by atoms with Crippen molar-refractivity contribution in [1.29, 1.82) is 0 Å². The van der Waals surface area contributed by atoms with E-state index in [0.29, 0.717) is 36.1 Å². The van der Waals surface area contributed by atoms with E-state index in [-0.39, 0.29) is 11.3 Å². The Kier molecular flexibility index (Phi) is 6.28. The molecule has 1 aliphatic heterocycles. The molecule has 1 aliphatic rings. The van der Waals surface area contributed by atoms with Gasteiger partial charge in [-0.1, -0.05) is 26.0 Å². The maximum Gasteiger partial charge on any atom is 0.260 e. The summed E-state index contributed by atoms with van der Waals surface area (Å²) in [5, 5.41) is 24.6. The minimum absolute atomic E-state index is 0.0365. The molecular formula is C20H28N6O2S. The zero-order valence-electron chi connectivity index (χ0n) is 17.6. The lowest BCUT2D eigenvalue weighted by Gasteiger charge is -2.27. The fraction of sp³-hybridized carbons (Fsp3) is 0.500. The Morgan fingerprint density at radius 1 is 1.34 bits per heavy atom. The monoisotopic (exact) mass is 416 g/mol. The number of tetrazole rings is 1. The lowest BCUT2D eigenvalue weighted by molar-refractivity contribution is -0.127. The largest absolute Gasteiger partial charge is 0.507 e. The van der Waals surface area contributed by atoms with Gasteiger partial charge in [-0.15, -0.1) is 22.0 Å². The third-order valence-corrected chi connectivity index (χ3v) is 5.63. The van der Waals surface area contributed by atoms with Gasteiger partial charge in [0.05, 0.1) is 11.4 Å². The first kappa shape index (κ1) is 21.3. The smallest absolute Gasteiger partial charge is 0.260 e. The highest BCUT2D eigenvalue weighted by Crippen LogP contribution is 2.36. The topological polar surface area (TPSA) is 98.2 Å². The number of phenolic OH excluding ortho intramolecular Hbond substituents is 1. The van der Waals surface area contributed by atoms with E-state index >= 15 is 0 Å². The molecule has 1 amide bonds. The fourth-order valence-electron chi connectivity index (χ4n) is 3.25. The van der Waals surface area contributed by atoms with E-state index in [1.807, 2.05) is 37.2 Å². The molecule has 0 radical (unpaired) electrons. The molecule has 29 heavy (non-hydrogen) atoms. The molecule has 0 atom stereocenters. The summed E-state index contributed by atoms with van der Waals surface area (Å²) in [4.78, 5) is 17.4. The number of benzene rings is 1. The van der Waals surface area contributed by atoms with Crippen molar-refractivity contribution >= 4 is 23.7 Å². The van der Waals surface area contributed by atoms with Crippen molar-refractivity contribution < 1.29 is 9.90 Å². The molecule has 1 saturated heterocycles. The van der Waals surface area contributed by atoms with Crippen molar-refractivity contribution in [2.75, 3.05) is 26.4 Å². The number of H-pyrrole nitrogens is 1. The van der Waals surface area contributed by atoms with Gasteiger partial charge in [-0.05, 0) is 43.3 Å². The van der Waals surface area contributed by atoms with Crippen LogP contribution in [0.1, 0.15) is 43.3 Å². The maximum atomic E-state index is 13.0. The zero-order valence-corrected chi connectivity index (χ0v) is 18.4. The maximum absolute atomic E-state index is 13.0. The second-order valence-corrected chi connectivity index (χ2v) is 9.61. The quantitative estimate of drug-likeness (QED) is 0.722. The van der Waals surface area contributed by atoms with Crippen LogP contribution in [-0.4, -0.2) is 67.8 Å². The predicted molar refractivity (Wildman–Crippen MR) is 114 cm³/mol. The van der Waals surface area contributed by atoms with Crippen LogP contribution in [0.2, 0.25) is 0 Å². The number of aromatic nitrogens is 4.